The fourth-order valence-corrected chi connectivity index (χ4v) is 7.75. The first-order valence-electron chi connectivity index (χ1n) is 18.0. The molecule has 0 aliphatic heterocycles. The number of pyridine rings is 1. The van der Waals surface area contributed by atoms with E-state index in [0.29, 0.717) is 0 Å². The van der Waals surface area contributed by atoms with Gasteiger partial charge in [0.05, 0.1) is 11.9 Å². The van der Waals surface area contributed by atoms with Crippen molar-refractivity contribution in [3.8, 4) is 39.6 Å². The van der Waals surface area contributed by atoms with Gasteiger partial charge in [-0.15, -0.1) is 35.0 Å². The zero-order valence-electron chi connectivity index (χ0n) is 30.1. The van der Waals surface area contributed by atoms with Crippen LogP contribution in [0.5, 0.6) is 0 Å². The smallest absolute Gasteiger partial charge is 0.358 e. The van der Waals surface area contributed by atoms with E-state index < -0.39 is 0 Å². The Kier molecular flexibility index (Phi) is 8.21. The van der Waals surface area contributed by atoms with Crippen LogP contribution in [-0.2, 0) is 26.5 Å². The molecule has 0 atom stereocenters. The van der Waals surface area contributed by atoms with E-state index in [1.165, 1.54) is 10.9 Å². The van der Waals surface area contributed by atoms with Crippen molar-refractivity contribution in [3.63, 3.8) is 0 Å². The second kappa shape index (κ2) is 13.1. The molecule has 0 unspecified atom stereocenters. The summed E-state index contributed by atoms with van der Waals surface area (Å²) in [5, 5.41) is 9.58. The maximum atomic E-state index is 4.99. The summed E-state index contributed by atoms with van der Waals surface area (Å²) >= 11 is 0. The van der Waals surface area contributed by atoms with Gasteiger partial charge in [-0.05, 0) is 57.3 Å². The molecule has 0 bridgehead atoms. The van der Waals surface area contributed by atoms with Gasteiger partial charge >= 0.3 is 21.1 Å². The molecule has 6 heteroatoms. The average Bonchev–Trinajstić information content (AvgIpc) is 3.88. The van der Waals surface area contributed by atoms with E-state index in [1.54, 1.807) is 0 Å². The summed E-state index contributed by atoms with van der Waals surface area (Å²) in [5.41, 5.74) is 11.5. The van der Waals surface area contributed by atoms with Gasteiger partial charge in [0.1, 0.15) is 5.82 Å². The minimum absolute atomic E-state index is 0. The van der Waals surface area contributed by atoms with Gasteiger partial charge in [0.2, 0.25) is 0 Å². The van der Waals surface area contributed by atoms with Crippen molar-refractivity contribution < 1.29 is 21.1 Å². The first-order valence-corrected chi connectivity index (χ1v) is 18.0. The van der Waals surface area contributed by atoms with Crippen LogP contribution in [0.25, 0.3) is 83.2 Å². The number of benzene rings is 6. The van der Waals surface area contributed by atoms with Crippen LogP contribution in [0.1, 0.15) is 26.3 Å². The molecule has 0 radical (unpaired) electrons. The molecular formula is C48H35N5Pt. The largest absolute Gasteiger partial charge is 2.00 e. The number of para-hydroxylation sites is 2. The molecular weight excluding hydrogens is 842 g/mol. The maximum absolute atomic E-state index is 4.99. The molecule has 0 fully saturated rings. The van der Waals surface area contributed by atoms with Crippen molar-refractivity contribution in [1.29, 1.82) is 0 Å². The van der Waals surface area contributed by atoms with Crippen molar-refractivity contribution >= 4 is 43.6 Å². The Morgan fingerprint density at radius 2 is 1.09 bits per heavy atom. The Morgan fingerprint density at radius 1 is 0.537 bits per heavy atom. The molecule has 0 saturated carbocycles. The van der Waals surface area contributed by atoms with Crippen LogP contribution < -0.4 is 0 Å². The molecule has 5 nitrogen and oxygen atoms in total. The van der Waals surface area contributed by atoms with Crippen molar-refractivity contribution in [2.24, 2.45) is 0 Å². The Labute approximate surface area is 328 Å². The first-order chi connectivity index (χ1) is 25.9. The van der Waals surface area contributed by atoms with Gasteiger partial charge < -0.3 is 9.13 Å². The summed E-state index contributed by atoms with van der Waals surface area (Å²) in [5.74, 6) is 0.884. The third-order valence-electron chi connectivity index (χ3n) is 10.3. The molecule has 4 heterocycles. The molecule has 0 spiro atoms. The molecule has 0 saturated heterocycles. The van der Waals surface area contributed by atoms with Gasteiger partial charge in [0, 0.05) is 28.4 Å². The van der Waals surface area contributed by atoms with Crippen molar-refractivity contribution in [1.82, 2.24) is 23.9 Å². The van der Waals surface area contributed by atoms with E-state index in [-0.39, 0.29) is 26.5 Å². The van der Waals surface area contributed by atoms with Gasteiger partial charge in [-0.3, -0.25) is 4.68 Å². The van der Waals surface area contributed by atoms with Crippen LogP contribution in [-0.4, -0.2) is 23.9 Å². The van der Waals surface area contributed by atoms with Crippen molar-refractivity contribution in [2.45, 2.75) is 26.2 Å². The van der Waals surface area contributed by atoms with Crippen LogP contribution in [0, 0.1) is 12.1 Å². The third kappa shape index (κ3) is 5.42. The normalized spacial score (nSPS) is 11.8. The minimum atomic E-state index is -0.0152. The second-order valence-corrected chi connectivity index (χ2v) is 14.6. The fraction of sp³-hybridized carbons (Fsp3) is 0.0833. The Morgan fingerprint density at radius 3 is 1.76 bits per heavy atom. The summed E-state index contributed by atoms with van der Waals surface area (Å²) in [6, 6.07) is 58.9. The third-order valence-corrected chi connectivity index (χ3v) is 10.3. The van der Waals surface area contributed by atoms with E-state index in [9.17, 15) is 0 Å². The summed E-state index contributed by atoms with van der Waals surface area (Å²) in [6.45, 7) is 6.72. The standard InChI is InChI=1S/C48H35N5.Pt/c1-48(2,3)34-26-27-49-46(28-34)52-43-21-13-11-19-38(43)40-24-22-35(29-45(40)52)51-42-20-12-10-18-37(42)39-25-23-36(30-44(39)51)53-47(33-16-8-5-9-17-33)41(31-50-53)32-14-6-4-7-15-32;/h4-28,31H,1-3H3;/q-2;+2. The SMILES string of the molecule is CC(C)(C)c1ccnc(-n2c3[c-]c(-n4c5[c-]c(-n6ncc(-c7ccccc7)c6-c6ccccc6)ccc5c5ccccc54)ccc3c3ccccc32)c1.[Pt+2]. The van der Waals surface area contributed by atoms with Gasteiger partial charge in [-0.25, -0.2) is 4.98 Å². The van der Waals surface area contributed by atoms with Gasteiger partial charge in [0.15, 0.2) is 0 Å². The summed E-state index contributed by atoms with van der Waals surface area (Å²) in [6.07, 6.45) is 3.89. The summed E-state index contributed by atoms with van der Waals surface area (Å²) in [4.78, 5) is 4.91. The number of fused-ring (bicyclic) bond motifs is 6. The zero-order valence-corrected chi connectivity index (χ0v) is 32.3. The predicted molar refractivity (Wildman–Crippen MR) is 217 cm³/mol. The van der Waals surface area contributed by atoms with E-state index in [1.807, 2.05) is 29.2 Å². The number of nitrogens with zero attached hydrogens (tertiary/aromatic N) is 5. The van der Waals surface area contributed by atoms with Crippen LogP contribution in [0.2, 0.25) is 0 Å². The van der Waals surface area contributed by atoms with Crippen LogP contribution in [0.4, 0.5) is 0 Å². The average molecular weight is 877 g/mol. The van der Waals surface area contributed by atoms with Crippen molar-refractivity contribution in [3.05, 3.63) is 176 Å². The maximum Gasteiger partial charge on any atom is 2.00 e. The number of rotatable bonds is 5. The topological polar surface area (TPSA) is 40.6 Å². The molecule has 0 N–H and O–H groups in total. The van der Waals surface area contributed by atoms with Gasteiger partial charge in [0.25, 0.3) is 0 Å². The molecule has 10 rings (SSSR count). The second-order valence-electron chi connectivity index (χ2n) is 14.6. The van der Waals surface area contributed by atoms with Crippen molar-refractivity contribution in [2.75, 3.05) is 0 Å². The number of hydrogen-bond acceptors (Lipinski definition) is 2. The van der Waals surface area contributed by atoms with E-state index in [4.69, 9.17) is 10.1 Å². The van der Waals surface area contributed by atoms with E-state index >= 15 is 0 Å². The van der Waals surface area contributed by atoms with Crippen LogP contribution in [0.15, 0.2) is 158 Å². The van der Waals surface area contributed by atoms with E-state index in [2.05, 4.69) is 175 Å². The fourth-order valence-electron chi connectivity index (χ4n) is 7.75. The quantitative estimate of drug-likeness (QED) is 0.162. The summed E-state index contributed by atoms with van der Waals surface area (Å²) in [7, 11) is 0. The zero-order chi connectivity index (χ0) is 35.7. The number of hydrogen-bond donors (Lipinski definition) is 0. The predicted octanol–water partition coefficient (Wildman–Crippen LogP) is 11.7. The first kappa shape index (κ1) is 33.8. The summed E-state index contributed by atoms with van der Waals surface area (Å²) < 4.78 is 6.57. The molecule has 0 amide bonds. The molecule has 262 valence electrons. The minimum Gasteiger partial charge on any atom is -0.358 e. The van der Waals surface area contributed by atoms with E-state index in [0.717, 1.165) is 77.8 Å². The monoisotopic (exact) mass is 876 g/mol. The van der Waals surface area contributed by atoms with Crippen LogP contribution in [0.3, 0.4) is 0 Å². The Hall–Kier alpha value is -6.03. The molecule has 4 aromatic heterocycles. The molecule has 10 aromatic rings. The van der Waals surface area contributed by atoms with Crippen LogP contribution >= 0.6 is 0 Å². The molecule has 54 heavy (non-hydrogen) atoms. The Bertz CT molecular complexity index is 2980. The molecule has 6 aromatic carbocycles. The Balaban J connectivity index is 0.00000384. The van der Waals surface area contributed by atoms with Gasteiger partial charge in [-0.1, -0.05) is 135 Å². The van der Waals surface area contributed by atoms with Gasteiger partial charge in [-0.2, -0.15) is 17.2 Å². The molecule has 0 aliphatic carbocycles. The molecule has 0 aliphatic rings. The number of aromatic nitrogens is 5.